The molecular weight excluding hydrogens is 310 g/mol. The van der Waals surface area contributed by atoms with E-state index >= 15 is 0 Å². The topological polar surface area (TPSA) is 38.3 Å². The van der Waals surface area contributed by atoms with Gasteiger partial charge in [-0.3, -0.25) is 4.79 Å². The number of hydrogen-bond donors (Lipinski definition) is 1. The first kappa shape index (κ1) is 18.8. The zero-order valence-corrected chi connectivity index (χ0v) is 15.3. The minimum absolute atomic E-state index is 0.0498. The molecule has 0 spiro atoms. The summed E-state index contributed by atoms with van der Waals surface area (Å²) in [5, 5.41) is 2.97. The number of anilines is 1. The van der Waals surface area contributed by atoms with Crippen LogP contribution in [0, 0.1) is 5.92 Å². The molecule has 132 valence electrons. The minimum atomic E-state index is -0.236. The van der Waals surface area contributed by atoms with Gasteiger partial charge >= 0.3 is 0 Å². The summed E-state index contributed by atoms with van der Waals surface area (Å²) in [5.74, 6) is 0.987. The molecular formula is C22H27NO2. The van der Waals surface area contributed by atoms with Crippen LogP contribution in [0.1, 0.15) is 37.8 Å². The quantitative estimate of drug-likeness (QED) is 0.673. The highest BCUT2D eigenvalue weighted by atomic mass is 16.5. The Balaban J connectivity index is 2.06. The van der Waals surface area contributed by atoms with E-state index in [9.17, 15) is 4.79 Å². The molecule has 0 saturated heterocycles. The van der Waals surface area contributed by atoms with Crippen molar-refractivity contribution >= 4 is 11.6 Å². The predicted octanol–water partition coefficient (Wildman–Crippen LogP) is 5.19. The van der Waals surface area contributed by atoms with E-state index in [0.29, 0.717) is 24.0 Å². The Morgan fingerprint density at radius 3 is 2.44 bits per heavy atom. The van der Waals surface area contributed by atoms with Gasteiger partial charge in [0.25, 0.3) is 0 Å². The molecule has 2 rings (SSSR count). The fourth-order valence-electron chi connectivity index (χ4n) is 2.65. The van der Waals surface area contributed by atoms with Gasteiger partial charge in [-0.2, -0.15) is 0 Å². The number of carbonyl (C=O) groups is 1. The van der Waals surface area contributed by atoms with E-state index < -0.39 is 0 Å². The van der Waals surface area contributed by atoms with Gasteiger partial charge in [0.1, 0.15) is 12.4 Å². The molecule has 3 nitrogen and oxygen atoms in total. The number of ether oxygens (including phenoxy) is 1. The Hall–Kier alpha value is -2.55. The van der Waals surface area contributed by atoms with Crippen molar-refractivity contribution in [2.75, 3.05) is 11.9 Å². The van der Waals surface area contributed by atoms with E-state index in [1.165, 1.54) is 5.56 Å². The number of para-hydroxylation sites is 2. The van der Waals surface area contributed by atoms with Crippen molar-refractivity contribution in [1.82, 2.24) is 0 Å². The van der Waals surface area contributed by atoms with Crippen molar-refractivity contribution in [3.8, 4) is 5.75 Å². The lowest BCUT2D eigenvalue weighted by Crippen LogP contribution is -2.19. The Morgan fingerprint density at radius 1 is 1.12 bits per heavy atom. The molecule has 2 aromatic rings. The van der Waals surface area contributed by atoms with Gasteiger partial charge in [0, 0.05) is 0 Å². The van der Waals surface area contributed by atoms with E-state index in [0.717, 1.165) is 12.0 Å². The van der Waals surface area contributed by atoms with Crippen molar-refractivity contribution in [3.05, 3.63) is 72.3 Å². The van der Waals surface area contributed by atoms with Crippen molar-refractivity contribution in [2.45, 2.75) is 33.1 Å². The summed E-state index contributed by atoms with van der Waals surface area (Å²) in [6, 6.07) is 15.7. The molecule has 1 N–H and O–H groups in total. The fourth-order valence-corrected chi connectivity index (χ4v) is 2.65. The highest BCUT2D eigenvalue weighted by Gasteiger charge is 2.17. The molecule has 1 unspecified atom stereocenters. The van der Waals surface area contributed by atoms with Gasteiger partial charge in [-0.1, -0.05) is 62.9 Å². The average Bonchev–Trinajstić information content (AvgIpc) is 2.60. The third-order valence-electron chi connectivity index (χ3n) is 4.02. The summed E-state index contributed by atoms with van der Waals surface area (Å²) < 4.78 is 5.59. The molecule has 2 aromatic carbocycles. The summed E-state index contributed by atoms with van der Waals surface area (Å²) in [6.45, 7) is 10.4. The van der Waals surface area contributed by atoms with Crippen LogP contribution in [0.5, 0.6) is 5.75 Å². The van der Waals surface area contributed by atoms with Gasteiger partial charge in [-0.15, -0.1) is 0 Å². The highest BCUT2D eigenvalue weighted by molar-refractivity contribution is 5.96. The van der Waals surface area contributed by atoms with Gasteiger partial charge in [0.2, 0.25) is 5.91 Å². The van der Waals surface area contributed by atoms with Crippen LogP contribution in [0.3, 0.4) is 0 Å². The van der Waals surface area contributed by atoms with Crippen LogP contribution in [0.4, 0.5) is 5.69 Å². The van der Waals surface area contributed by atoms with E-state index in [2.05, 4.69) is 37.9 Å². The molecule has 0 aliphatic carbocycles. The smallest absolute Gasteiger partial charge is 0.231 e. The standard InChI is InChI=1S/C22H27NO2/c1-5-14-25-21-9-7-6-8-20(21)23-22(24)17(4)19-12-10-18(11-13-19)15-16(2)3/h5-13,16-17H,1,14-15H2,2-4H3,(H,23,24). The van der Waals surface area contributed by atoms with Crippen LogP contribution >= 0.6 is 0 Å². The van der Waals surface area contributed by atoms with Crippen LogP contribution in [0.15, 0.2) is 61.2 Å². The van der Waals surface area contributed by atoms with E-state index in [1.54, 1.807) is 6.08 Å². The molecule has 0 fully saturated rings. The molecule has 0 radical (unpaired) electrons. The molecule has 0 heterocycles. The first-order valence-electron chi connectivity index (χ1n) is 8.73. The van der Waals surface area contributed by atoms with Crippen LogP contribution in [0.2, 0.25) is 0 Å². The van der Waals surface area contributed by atoms with Gasteiger partial charge in [0.15, 0.2) is 0 Å². The number of amides is 1. The maximum Gasteiger partial charge on any atom is 0.231 e. The van der Waals surface area contributed by atoms with Crippen molar-refractivity contribution in [3.63, 3.8) is 0 Å². The molecule has 0 bridgehead atoms. The first-order valence-corrected chi connectivity index (χ1v) is 8.73. The molecule has 1 atom stereocenters. The second kappa shape index (κ2) is 9.07. The minimum Gasteiger partial charge on any atom is -0.487 e. The number of nitrogens with one attached hydrogen (secondary N) is 1. The Bertz CT molecular complexity index is 704. The summed E-state index contributed by atoms with van der Waals surface area (Å²) >= 11 is 0. The molecule has 3 heteroatoms. The zero-order valence-electron chi connectivity index (χ0n) is 15.3. The number of carbonyl (C=O) groups excluding carboxylic acids is 1. The van der Waals surface area contributed by atoms with E-state index in [1.807, 2.05) is 43.3 Å². The lowest BCUT2D eigenvalue weighted by molar-refractivity contribution is -0.117. The molecule has 1 amide bonds. The van der Waals surface area contributed by atoms with Gasteiger partial charge in [-0.25, -0.2) is 0 Å². The Labute approximate surface area is 150 Å². The molecule has 0 aromatic heterocycles. The fraction of sp³-hybridized carbons (Fsp3) is 0.318. The molecule has 0 aliphatic heterocycles. The average molecular weight is 337 g/mol. The summed E-state index contributed by atoms with van der Waals surface area (Å²) in [5.41, 5.74) is 2.99. The van der Waals surface area contributed by atoms with Crippen molar-refractivity contribution in [2.24, 2.45) is 5.92 Å². The first-order chi connectivity index (χ1) is 12.0. The van der Waals surface area contributed by atoms with Crippen LogP contribution in [-0.2, 0) is 11.2 Å². The summed E-state index contributed by atoms with van der Waals surface area (Å²) in [6.07, 6.45) is 2.73. The largest absolute Gasteiger partial charge is 0.487 e. The molecule has 0 aliphatic rings. The second-order valence-electron chi connectivity index (χ2n) is 6.65. The number of hydrogen-bond acceptors (Lipinski definition) is 2. The monoisotopic (exact) mass is 337 g/mol. The van der Waals surface area contributed by atoms with Crippen LogP contribution in [-0.4, -0.2) is 12.5 Å². The second-order valence-corrected chi connectivity index (χ2v) is 6.65. The van der Waals surface area contributed by atoms with E-state index in [-0.39, 0.29) is 11.8 Å². The SMILES string of the molecule is C=CCOc1ccccc1NC(=O)C(C)c1ccc(CC(C)C)cc1. The lowest BCUT2D eigenvalue weighted by atomic mass is 9.96. The number of benzene rings is 2. The Morgan fingerprint density at radius 2 is 1.80 bits per heavy atom. The maximum atomic E-state index is 12.6. The van der Waals surface area contributed by atoms with Gasteiger partial charge in [0.05, 0.1) is 11.6 Å². The van der Waals surface area contributed by atoms with Crippen LogP contribution < -0.4 is 10.1 Å². The summed E-state index contributed by atoms with van der Waals surface area (Å²) in [4.78, 5) is 12.6. The predicted molar refractivity (Wildman–Crippen MR) is 104 cm³/mol. The third kappa shape index (κ3) is 5.49. The molecule has 0 saturated carbocycles. The molecule has 25 heavy (non-hydrogen) atoms. The van der Waals surface area contributed by atoms with Crippen molar-refractivity contribution < 1.29 is 9.53 Å². The zero-order chi connectivity index (χ0) is 18.2. The third-order valence-corrected chi connectivity index (χ3v) is 4.02. The lowest BCUT2D eigenvalue weighted by Gasteiger charge is -2.16. The number of rotatable bonds is 8. The highest BCUT2D eigenvalue weighted by Crippen LogP contribution is 2.26. The van der Waals surface area contributed by atoms with E-state index in [4.69, 9.17) is 4.74 Å². The van der Waals surface area contributed by atoms with Crippen molar-refractivity contribution in [1.29, 1.82) is 0 Å². The van der Waals surface area contributed by atoms with Gasteiger partial charge in [-0.05, 0) is 42.5 Å². The van der Waals surface area contributed by atoms with Gasteiger partial charge < -0.3 is 10.1 Å². The maximum absolute atomic E-state index is 12.6. The van der Waals surface area contributed by atoms with Crippen LogP contribution in [0.25, 0.3) is 0 Å². The normalized spacial score (nSPS) is 11.8. The summed E-state index contributed by atoms with van der Waals surface area (Å²) in [7, 11) is 0. The Kier molecular flexibility index (Phi) is 6.81.